The Morgan fingerprint density at radius 1 is 1.50 bits per heavy atom. The Morgan fingerprint density at radius 2 is 2.28 bits per heavy atom. The maximum Gasteiger partial charge on any atom is 0.248 e. The number of hydrogen-bond acceptors (Lipinski definition) is 2. The molecule has 0 unspecified atom stereocenters. The Bertz CT molecular complexity index is 551. The molecule has 0 aliphatic heterocycles. The highest BCUT2D eigenvalue weighted by Crippen LogP contribution is 2.24. The van der Waals surface area contributed by atoms with E-state index in [1.807, 2.05) is 32.0 Å². The van der Waals surface area contributed by atoms with Crippen molar-refractivity contribution >= 4 is 27.5 Å². The van der Waals surface area contributed by atoms with E-state index < -0.39 is 0 Å². The van der Waals surface area contributed by atoms with Gasteiger partial charge in [-0.05, 0) is 53.5 Å². The van der Waals surface area contributed by atoms with Crippen LogP contribution in [0.5, 0.6) is 0 Å². The van der Waals surface area contributed by atoms with Crippen LogP contribution in [0.15, 0.2) is 41.1 Å². The van der Waals surface area contributed by atoms with Crippen LogP contribution in [0.4, 0.5) is 5.69 Å². The summed E-state index contributed by atoms with van der Waals surface area (Å²) < 4.78 is 2.50. The molecule has 5 heteroatoms. The van der Waals surface area contributed by atoms with Crippen LogP contribution >= 0.6 is 15.9 Å². The normalized spacial score (nSPS) is 12.2. The predicted octanol–water partition coefficient (Wildman–Crippen LogP) is 3.15. The van der Waals surface area contributed by atoms with Crippen molar-refractivity contribution in [3.63, 3.8) is 0 Å². The molecule has 18 heavy (non-hydrogen) atoms. The van der Waals surface area contributed by atoms with Gasteiger partial charge in [-0.1, -0.05) is 6.07 Å². The molecule has 0 aliphatic carbocycles. The van der Waals surface area contributed by atoms with Gasteiger partial charge in [-0.25, -0.2) is 0 Å². The standard InChI is InChI=1S/C13H14BrN3O/c1-9-4-5-12(11(14)8-9)16-13(18)10(2)17-7-3-6-15-17/h3-8,10H,1-2H3,(H,16,18)/t10-/m0/s1. The molecule has 0 fully saturated rings. The molecule has 1 amide bonds. The van der Waals surface area contributed by atoms with E-state index in [-0.39, 0.29) is 11.9 Å². The van der Waals surface area contributed by atoms with Crippen molar-refractivity contribution in [1.82, 2.24) is 9.78 Å². The highest BCUT2D eigenvalue weighted by molar-refractivity contribution is 9.10. The lowest BCUT2D eigenvalue weighted by atomic mass is 10.2. The first-order valence-electron chi connectivity index (χ1n) is 5.64. The molecule has 1 atom stereocenters. The maximum atomic E-state index is 12.1. The fourth-order valence-corrected chi connectivity index (χ4v) is 2.18. The van der Waals surface area contributed by atoms with Gasteiger partial charge in [0.2, 0.25) is 5.91 Å². The summed E-state index contributed by atoms with van der Waals surface area (Å²) in [5.74, 6) is -0.0942. The molecule has 1 N–H and O–H groups in total. The summed E-state index contributed by atoms with van der Waals surface area (Å²) in [5.41, 5.74) is 1.91. The Hall–Kier alpha value is -1.62. The first-order valence-corrected chi connectivity index (χ1v) is 6.43. The van der Waals surface area contributed by atoms with E-state index in [9.17, 15) is 4.79 Å². The second-order valence-corrected chi connectivity index (χ2v) is 4.99. The first kappa shape index (κ1) is 12.8. The number of nitrogens with zero attached hydrogens (tertiary/aromatic N) is 2. The minimum atomic E-state index is -0.340. The van der Waals surface area contributed by atoms with E-state index in [0.717, 1.165) is 15.7 Å². The van der Waals surface area contributed by atoms with Crippen molar-refractivity contribution < 1.29 is 4.79 Å². The van der Waals surface area contributed by atoms with E-state index >= 15 is 0 Å². The van der Waals surface area contributed by atoms with Gasteiger partial charge in [-0.3, -0.25) is 9.48 Å². The van der Waals surface area contributed by atoms with Gasteiger partial charge in [0.05, 0.1) is 5.69 Å². The molecule has 2 rings (SSSR count). The molecule has 0 bridgehead atoms. The molecule has 94 valence electrons. The molecule has 0 spiro atoms. The monoisotopic (exact) mass is 307 g/mol. The number of aromatic nitrogens is 2. The summed E-state index contributed by atoms with van der Waals surface area (Å²) >= 11 is 3.44. The van der Waals surface area contributed by atoms with Crippen molar-refractivity contribution in [2.45, 2.75) is 19.9 Å². The van der Waals surface area contributed by atoms with E-state index in [0.29, 0.717) is 0 Å². The third kappa shape index (κ3) is 2.79. The summed E-state index contributed by atoms with van der Waals surface area (Å²) in [5, 5.41) is 6.94. The molecule has 4 nitrogen and oxygen atoms in total. The van der Waals surface area contributed by atoms with Crippen molar-refractivity contribution in [2.75, 3.05) is 5.32 Å². The molecule has 0 saturated heterocycles. The highest BCUT2D eigenvalue weighted by atomic mass is 79.9. The molecule has 1 aromatic carbocycles. The van der Waals surface area contributed by atoms with Crippen LogP contribution < -0.4 is 5.32 Å². The zero-order valence-electron chi connectivity index (χ0n) is 10.2. The van der Waals surface area contributed by atoms with Crippen LogP contribution in [0, 0.1) is 6.92 Å². The smallest absolute Gasteiger partial charge is 0.248 e. The highest BCUT2D eigenvalue weighted by Gasteiger charge is 2.15. The van der Waals surface area contributed by atoms with Crippen LogP contribution in [0.1, 0.15) is 18.5 Å². The number of aryl methyl sites for hydroxylation is 1. The van der Waals surface area contributed by atoms with Crippen molar-refractivity contribution in [1.29, 1.82) is 0 Å². The number of nitrogens with one attached hydrogen (secondary N) is 1. The van der Waals surface area contributed by atoms with E-state index in [4.69, 9.17) is 0 Å². The molecule has 1 heterocycles. The van der Waals surface area contributed by atoms with Crippen molar-refractivity contribution in [3.8, 4) is 0 Å². The Kier molecular flexibility index (Phi) is 3.81. The summed E-state index contributed by atoms with van der Waals surface area (Å²) in [6.07, 6.45) is 3.43. The summed E-state index contributed by atoms with van der Waals surface area (Å²) in [6.45, 7) is 3.81. The van der Waals surface area contributed by atoms with E-state index in [2.05, 4.69) is 26.3 Å². The molecule has 0 saturated carbocycles. The fraction of sp³-hybridized carbons (Fsp3) is 0.231. The lowest BCUT2D eigenvalue weighted by molar-refractivity contribution is -0.119. The summed E-state index contributed by atoms with van der Waals surface area (Å²) in [4.78, 5) is 12.1. The number of carbonyl (C=O) groups excluding carboxylic acids is 1. The van der Waals surface area contributed by atoms with Crippen LogP contribution in [-0.2, 0) is 4.79 Å². The molecular weight excluding hydrogens is 294 g/mol. The van der Waals surface area contributed by atoms with Gasteiger partial charge in [-0.2, -0.15) is 5.10 Å². The van der Waals surface area contributed by atoms with Gasteiger partial charge in [-0.15, -0.1) is 0 Å². The number of halogens is 1. The van der Waals surface area contributed by atoms with Crippen LogP contribution in [0.3, 0.4) is 0 Å². The molecular formula is C13H14BrN3O. The first-order chi connectivity index (χ1) is 8.58. The number of carbonyl (C=O) groups is 1. The number of anilines is 1. The zero-order chi connectivity index (χ0) is 13.1. The Morgan fingerprint density at radius 3 is 2.89 bits per heavy atom. The predicted molar refractivity (Wildman–Crippen MR) is 74.4 cm³/mol. The largest absolute Gasteiger partial charge is 0.323 e. The summed E-state index contributed by atoms with van der Waals surface area (Å²) in [7, 11) is 0. The fourth-order valence-electron chi connectivity index (χ4n) is 1.59. The van der Waals surface area contributed by atoms with Crippen molar-refractivity contribution in [2.24, 2.45) is 0 Å². The van der Waals surface area contributed by atoms with Crippen LogP contribution in [-0.4, -0.2) is 15.7 Å². The molecule has 2 aromatic rings. The van der Waals surface area contributed by atoms with Gasteiger partial charge in [0, 0.05) is 16.9 Å². The number of benzene rings is 1. The SMILES string of the molecule is Cc1ccc(NC(=O)[C@H](C)n2cccn2)c(Br)c1. The van der Waals surface area contributed by atoms with Gasteiger partial charge in [0.25, 0.3) is 0 Å². The second kappa shape index (κ2) is 5.35. The minimum Gasteiger partial charge on any atom is -0.323 e. The quantitative estimate of drug-likeness (QED) is 0.947. The minimum absolute atomic E-state index is 0.0942. The number of hydrogen-bond donors (Lipinski definition) is 1. The third-order valence-corrected chi connectivity index (χ3v) is 3.34. The van der Waals surface area contributed by atoms with E-state index in [1.54, 1.807) is 23.1 Å². The van der Waals surface area contributed by atoms with Crippen molar-refractivity contribution in [3.05, 3.63) is 46.7 Å². The molecule has 0 aliphatic rings. The topological polar surface area (TPSA) is 46.9 Å². The lowest BCUT2D eigenvalue weighted by Gasteiger charge is -2.13. The number of rotatable bonds is 3. The summed E-state index contributed by atoms with van der Waals surface area (Å²) in [6, 6.07) is 7.26. The van der Waals surface area contributed by atoms with Gasteiger partial charge < -0.3 is 5.32 Å². The maximum absolute atomic E-state index is 12.1. The van der Waals surface area contributed by atoms with Gasteiger partial charge in [0.15, 0.2) is 0 Å². The molecule has 1 aromatic heterocycles. The van der Waals surface area contributed by atoms with E-state index in [1.165, 1.54) is 0 Å². The van der Waals surface area contributed by atoms with Crippen LogP contribution in [0.25, 0.3) is 0 Å². The second-order valence-electron chi connectivity index (χ2n) is 4.13. The van der Waals surface area contributed by atoms with Crippen LogP contribution in [0.2, 0.25) is 0 Å². The zero-order valence-corrected chi connectivity index (χ0v) is 11.8. The lowest BCUT2D eigenvalue weighted by Crippen LogP contribution is -2.24. The number of amides is 1. The average molecular weight is 308 g/mol. The Labute approximate surface area is 114 Å². The Balaban J connectivity index is 2.12. The average Bonchev–Trinajstić information content (AvgIpc) is 2.85. The third-order valence-electron chi connectivity index (χ3n) is 2.68. The van der Waals surface area contributed by atoms with Gasteiger partial charge >= 0.3 is 0 Å². The van der Waals surface area contributed by atoms with Gasteiger partial charge in [0.1, 0.15) is 6.04 Å². The molecule has 0 radical (unpaired) electrons.